The Kier molecular flexibility index (Phi) is 10.5. The van der Waals surface area contributed by atoms with E-state index in [4.69, 9.17) is 9.47 Å². The molecule has 3 rings (SSSR count). The van der Waals surface area contributed by atoms with Crippen LogP contribution in [0.3, 0.4) is 0 Å². The number of carboxylic acids is 1. The highest BCUT2D eigenvalue weighted by atomic mass is 32.2. The molecule has 1 atom stereocenters. The fraction of sp³-hybridized carbons (Fsp3) is 0.536. The molecule has 0 radical (unpaired) electrons. The van der Waals surface area contributed by atoms with E-state index >= 15 is 0 Å². The van der Waals surface area contributed by atoms with E-state index in [-0.39, 0.29) is 28.8 Å². The zero-order valence-corrected chi connectivity index (χ0v) is 24.2. The van der Waals surface area contributed by atoms with Crippen molar-refractivity contribution in [2.75, 3.05) is 37.2 Å². The number of fused-ring (bicyclic) bond motifs is 1. The van der Waals surface area contributed by atoms with Crippen LogP contribution < -0.4 is 9.64 Å². The van der Waals surface area contributed by atoms with Gasteiger partial charge in [0.1, 0.15) is 18.2 Å². The van der Waals surface area contributed by atoms with Gasteiger partial charge in [-0.05, 0) is 49.4 Å². The van der Waals surface area contributed by atoms with E-state index in [1.165, 1.54) is 37.1 Å². The highest BCUT2D eigenvalue weighted by Crippen LogP contribution is 2.47. The molecule has 0 saturated carbocycles. The van der Waals surface area contributed by atoms with Gasteiger partial charge in [0, 0.05) is 30.8 Å². The van der Waals surface area contributed by atoms with E-state index in [0.29, 0.717) is 22.8 Å². The fourth-order valence-electron chi connectivity index (χ4n) is 5.00. The molecule has 210 valence electrons. The number of aliphatic carboxylic acids is 1. The smallest absolute Gasteiger partial charge is 0.336 e. The van der Waals surface area contributed by atoms with Gasteiger partial charge in [-0.1, -0.05) is 39.5 Å². The second-order valence-electron chi connectivity index (χ2n) is 9.87. The van der Waals surface area contributed by atoms with Gasteiger partial charge in [-0.3, -0.25) is 0 Å². The summed E-state index contributed by atoms with van der Waals surface area (Å²) in [4.78, 5) is 14.2. The van der Waals surface area contributed by atoms with Crippen molar-refractivity contribution in [3.63, 3.8) is 0 Å². The molecule has 7 nitrogen and oxygen atoms in total. The van der Waals surface area contributed by atoms with Gasteiger partial charge in [-0.25, -0.2) is 17.6 Å². The minimum atomic E-state index is -3.76. The number of halogens is 1. The maximum Gasteiger partial charge on any atom is 0.336 e. The van der Waals surface area contributed by atoms with Gasteiger partial charge in [-0.15, -0.1) is 11.8 Å². The number of unbranched alkanes of at least 4 members (excludes halogenated alkanes) is 2. The van der Waals surface area contributed by atoms with Gasteiger partial charge in [0.25, 0.3) is 0 Å². The van der Waals surface area contributed by atoms with Gasteiger partial charge in [-0.2, -0.15) is 0 Å². The zero-order chi connectivity index (χ0) is 27.9. The van der Waals surface area contributed by atoms with Crippen molar-refractivity contribution in [2.24, 2.45) is 5.41 Å². The molecule has 0 fully saturated rings. The molecule has 0 spiro atoms. The summed E-state index contributed by atoms with van der Waals surface area (Å²) in [5, 5.41) is 9.33. The first kappa shape index (κ1) is 30.2. The normalized spacial score (nSPS) is 16.9. The van der Waals surface area contributed by atoms with Gasteiger partial charge in [0.2, 0.25) is 0 Å². The monoisotopic (exact) mass is 567 g/mol. The second kappa shape index (κ2) is 13.2. The lowest BCUT2D eigenvalue weighted by Crippen LogP contribution is -2.38. The Labute approximate surface area is 229 Å². The minimum absolute atomic E-state index is 0.00142. The van der Waals surface area contributed by atoms with E-state index in [1.807, 2.05) is 11.2 Å². The summed E-state index contributed by atoms with van der Waals surface area (Å²) in [5.41, 5.74) is 0.751. The van der Waals surface area contributed by atoms with Gasteiger partial charge in [0.05, 0.1) is 21.2 Å². The molecule has 1 heterocycles. The fourth-order valence-corrected chi connectivity index (χ4v) is 7.66. The molecule has 10 heteroatoms. The van der Waals surface area contributed by atoms with E-state index in [2.05, 4.69) is 13.8 Å². The van der Waals surface area contributed by atoms with Crippen LogP contribution in [0.2, 0.25) is 0 Å². The lowest BCUT2D eigenvalue weighted by Gasteiger charge is -2.37. The largest absolute Gasteiger partial charge is 0.489 e. The lowest BCUT2D eigenvalue weighted by atomic mass is 9.79. The van der Waals surface area contributed by atoms with Gasteiger partial charge < -0.3 is 19.5 Å². The van der Waals surface area contributed by atoms with Crippen LogP contribution in [0.25, 0.3) is 0 Å². The molecule has 38 heavy (non-hydrogen) atoms. The Morgan fingerprint density at radius 2 is 1.79 bits per heavy atom. The number of ether oxygens (including phenoxy) is 2. The summed E-state index contributed by atoms with van der Waals surface area (Å²) in [5.74, 6) is -1.24. The number of benzene rings is 2. The number of thioether (sulfide) groups is 1. The second-order valence-corrected chi connectivity index (χ2v) is 12.7. The van der Waals surface area contributed by atoms with Crippen LogP contribution >= 0.6 is 11.8 Å². The van der Waals surface area contributed by atoms with Crippen LogP contribution in [0.5, 0.6) is 5.75 Å². The highest BCUT2D eigenvalue weighted by molar-refractivity contribution is 7.98. The number of carboxylic acid groups (broad SMARTS) is 1. The van der Waals surface area contributed by atoms with Gasteiger partial charge in [0.15, 0.2) is 15.9 Å². The predicted molar refractivity (Wildman–Crippen MR) is 149 cm³/mol. The number of methoxy groups -OCH3 is 1. The van der Waals surface area contributed by atoms with Crippen molar-refractivity contribution < 1.29 is 32.2 Å². The summed E-state index contributed by atoms with van der Waals surface area (Å²) in [6.45, 7) is 4.43. The predicted octanol–water partition coefficient (Wildman–Crippen LogP) is 6.32. The average Bonchev–Trinajstić information content (AvgIpc) is 2.98. The van der Waals surface area contributed by atoms with Crippen molar-refractivity contribution >= 4 is 38.9 Å². The molecule has 2 aromatic carbocycles. The molecule has 1 unspecified atom stereocenters. The van der Waals surface area contributed by atoms with Crippen LogP contribution in [0, 0.1) is 11.2 Å². The summed E-state index contributed by atoms with van der Waals surface area (Å²) in [7, 11) is -2.47. The van der Waals surface area contributed by atoms with Crippen LogP contribution in [0.4, 0.5) is 15.8 Å². The number of carbonyl (C=O) groups is 1. The Hall–Kier alpha value is -2.30. The topological polar surface area (TPSA) is 93.1 Å². The third-order valence-electron chi connectivity index (χ3n) is 7.07. The zero-order valence-electron chi connectivity index (χ0n) is 22.5. The van der Waals surface area contributed by atoms with E-state index in [0.717, 1.165) is 38.5 Å². The van der Waals surface area contributed by atoms with E-state index < -0.39 is 27.3 Å². The molecule has 2 aromatic rings. The molecule has 1 aliphatic rings. The summed E-state index contributed by atoms with van der Waals surface area (Å²) in [6, 6.07) is 9.43. The number of hydrogen-bond donors (Lipinski definition) is 1. The van der Waals surface area contributed by atoms with Crippen LogP contribution in [-0.2, 0) is 19.4 Å². The Bertz CT molecular complexity index is 1190. The molecule has 1 N–H and O–H groups in total. The molecule has 0 amide bonds. The van der Waals surface area contributed by atoms with E-state index in [1.54, 1.807) is 18.2 Å². The highest BCUT2D eigenvalue weighted by Gasteiger charge is 2.42. The summed E-state index contributed by atoms with van der Waals surface area (Å²) < 4.78 is 52.8. The first-order chi connectivity index (χ1) is 18.1. The average molecular weight is 568 g/mol. The summed E-state index contributed by atoms with van der Waals surface area (Å²) in [6.07, 6.45) is 5.91. The van der Waals surface area contributed by atoms with Crippen LogP contribution in [-0.4, -0.2) is 57.9 Å². The molecular formula is C28H38FNO6S2. The summed E-state index contributed by atoms with van der Waals surface area (Å²) >= 11 is 1.38. The van der Waals surface area contributed by atoms with Crippen molar-refractivity contribution in [3.8, 4) is 5.75 Å². The third-order valence-corrected chi connectivity index (χ3v) is 9.82. The van der Waals surface area contributed by atoms with Crippen molar-refractivity contribution in [2.45, 2.75) is 68.3 Å². The Balaban J connectivity index is 2.20. The van der Waals surface area contributed by atoms with Crippen molar-refractivity contribution in [1.82, 2.24) is 0 Å². The molecule has 0 bridgehead atoms. The minimum Gasteiger partial charge on any atom is -0.489 e. The van der Waals surface area contributed by atoms with Gasteiger partial charge >= 0.3 is 5.97 Å². The molecule has 1 aliphatic heterocycles. The lowest BCUT2D eigenvalue weighted by molar-refractivity contribution is -0.150. The Morgan fingerprint density at radius 3 is 2.32 bits per heavy atom. The van der Waals surface area contributed by atoms with Crippen molar-refractivity contribution in [3.05, 3.63) is 42.2 Å². The maximum atomic E-state index is 14.1. The number of anilines is 2. The number of nitrogens with zero attached hydrogens (tertiary/aromatic N) is 1. The standard InChI is InChI=1S/C28H38FNO6S2/c1-5-7-13-28(14-8-6-2)18-30(21-11-9-20(29)10-12-21)22-15-25(37-4)23(16-26(22)38(33,34)19-28)36-17-24(35-3)27(31)32/h9-12,15-16,24H,5-8,13-14,17-19H2,1-4H3,(H,31,32). The first-order valence-corrected chi connectivity index (χ1v) is 15.8. The number of hydrogen-bond acceptors (Lipinski definition) is 7. The number of sulfone groups is 1. The Morgan fingerprint density at radius 1 is 1.16 bits per heavy atom. The molecule has 0 aliphatic carbocycles. The molecule has 0 aromatic heterocycles. The first-order valence-electron chi connectivity index (χ1n) is 13.0. The quantitative estimate of drug-likeness (QED) is 0.281. The van der Waals surface area contributed by atoms with E-state index in [9.17, 15) is 22.7 Å². The number of rotatable bonds is 13. The molecule has 0 saturated heterocycles. The van der Waals surface area contributed by atoms with Crippen molar-refractivity contribution in [1.29, 1.82) is 0 Å². The molecular weight excluding hydrogens is 529 g/mol. The van der Waals surface area contributed by atoms with Crippen LogP contribution in [0.1, 0.15) is 52.4 Å². The SMILES string of the molecule is CCCCC1(CCCC)CN(c2ccc(F)cc2)c2cc(SC)c(OCC(OC)C(=O)O)cc2S(=O)(=O)C1. The maximum absolute atomic E-state index is 14.1. The third kappa shape index (κ3) is 7.01. The van der Waals surface area contributed by atoms with Crippen LogP contribution in [0.15, 0.2) is 46.2 Å².